The lowest BCUT2D eigenvalue weighted by molar-refractivity contribution is 0.627. The predicted molar refractivity (Wildman–Crippen MR) is 95.0 cm³/mol. The summed E-state index contributed by atoms with van der Waals surface area (Å²) >= 11 is 12.5. The number of rotatable bonds is 3. The van der Waals surface area contributed by atoms with Gasteiger partial charge in [-0.25, -0.2) is 9.07 Å². The molecular weight excluding hydrogens is 348 g/mol. The van der Waals surface area contributed by atoms with Crippen LogP contribution in [-0.4, -0.2) is 16.3 Å². The quantitative estimate of drug-likeness (QED) is 0.720. The van der Waals surface area contributed by atoms with Gasteiger partial charge in [0, 0.05) is 18.5 Å². The number of nitrogens with zero attached hydrogens (tertiary/aromatic N) is 2. The smallest absolute Gasteiger partial charge is 0.133 e. The Labute approximate surface area is 149 Å². The molecule has 24 heavy (non-hydrogen) atoms. The summed E-state index contributed by atoms with van der Waals surface area (Å²) in [6.45, 7) is 0.863. The van der Waals surface area contributed by atoms with E-state index in [2.05, 4.69) is 5.32 Å². The van der Waals surface area contributed by atoms with E-state index in [0.29, 0.717) is 16.5 Å². The van der Waals surface area contributed by atoms with Crippen LogP contribution in [-0.2, 0) is 12.8 Å². The molecule has 2 heterocycles. The van der Waals surface area contributed by atoms with Crippen LogP contribution in [0.4, 0.5) is 10.2 Å². The van der Waals surface area contributed by atoms with Gasteiger partial charge in [-0.15, -0.1) is 0 Å². The van der Waals surface area contributed by atoms with Gasteiger partial charge in [-0.2, -0.15) is 5.10 Å². The Morgan fingerprint density at radius 1 is 1.12 bits per heavy atom. The van der Waals surface area contributed by atoms with E-state index in [9.17, 15) is 4.39 Å². The number of anilines is 1. The van der Waals surface area contributed by atoms with Gasteiger partial charge in [0.05, 0.1) is 21.4 Å². The molecule has 6 heteroatoms. The first-order valence-electron chi connectivity index (χ1n) is 7.67. The summed E-state index contributed by atoms with van der Waals surface area (Å²) in [4.78, 5) is 0. The van der Waals surface area contributed by atoms with Gasteiger partial charge in [-0.05, 0) is 36.2 Å². The monoisotopic (exact) mass is 361 g/mol. The summed E-state index contributed by atoms with van der Waals surface area (Å²) in [5, 5.41) is 9.08. The lowest BCUT2D eigenvalue weighted by atomic mass is 10.1. The summed E-state index contributed by atoms with van der Waals surface area (Å²) in [6.07, 6.45) is 1.56. The zero-order valence-corrected chi connectivity index (χ0v) is 14.2. The highest BCUT2D eigenvalue weighted by atomic mass is 35.5. The van der Waals surface area contributed by atoms with Crippen molar-refractivity contribution in [3.63, 3.8) is 0 Å². The van der Waals surface area contributed by atoms with E-state index in [1.54, 1.807) is 18.2 Å². The molecule has 2 aromatic carbocycles. The van der Waals surface area contributed by atoms with Crippen LogP contribution in [0.1, 0.15) is 16.8 Å². The molecule has 3 nitrogen and oxygen atoms in total. The zero-order chi connectivity index (χ0) is 16.7. The third kappa shape index (κ3) is 2.66. The summed E-state index contributed by atoms with van der Waals surface area (Å²) < 4.78 is 14.9. The molecule has 0 saturated heterocycles. The largest absolute Gasteiger partial charge is 0.369 e. The maximum atomic E-state index is 13.1. The Bertz CT molecular complexity index is 903. The first-order chi connectivity index (χ1) is 11.6. The topological polar surface area (TPSA) is 29.9 Å². The Kier molecular flexibility index (Phi) is 3.94. The van der Waals surface area contributed by atoms with Gasteiger partial charge in [0.1, 0.15) is 11.6 Å². The van der Waals surface area contributed by atoms with Gasteiger partial charge in [0.2, 0.25) is 0 Å². The highest BCUT2D eigenvalue weighted by molar-refractivity contribution is 6.43. The molecule has 1 N–H and O–H groups in total. The van der Waals surface area contributed by atoms with Gasteiger partial charge >= 0.3 is 0 Å². The van der Waals surface area contributed by atoms with Crippen molar-refractivity contribution in [3.05, 3.63) is 75.1 Å². The number of aromatic nitrogens is 2. The van der Waals surface area contributed by atoms with Gasteiger partial charge in [0.15, 0.2) is 0 Å². The Balaban J connectivity index is 1.77. The van der Waals surface area contributed by atoms with E-state index in [1.807, 2.05) is 16.8 Å². The Morgan fingerprint density at radius 2 is 1.92 bits per heavy atom. The van der Waals surface area contributed by atoms with Crippen LogP contribution in [0.25, 0.3) is 5.69 Å². The third-order valence-electron chi connectivity index (χ3n) is 4.18. The number of hydrogen-bond acceptors (Lipinski definition) is 2. The fraction of sp³-hybridized carbons (Fsp3) is 0.167. The Morgan fingerprint density at radius 3 is 2.71 bits per heavy atom. The zero-order valence-electron chi connectivity index (χ0n) is 12.7. The molecule has 3 aromatic rings. The van der Waals surface area contributed by atoms with Crippen LogP contribution >= 0.6 is 23.2 Å². The number of benzene rings is 2. The summed E-state index contributed by atoms with van der Waals surface area (Å²) in [5.41, 5.74) is 3.92. The number of fused-ring (bicyclic) bond motifs is 1. The van der Waals surface area contributed by atoms with E-state index >= 15 is 0 Å². The second-order valence-corrected chi connectivity index (χ2v) is 6.52. The molecule has 4 rings (SSSR count). The normalized spacial score (nSPS) is 13.0. The minimum atomic E-state index is -0.234. The van der Waals surface area contributed by atoms with Crippen LogP contribution < -0.4 is 5.32 Å². The van der Waals surface area contributed by atoms with Crippen molar-refractivity contribution in [3.8, 4) is 5.69 Å². The van der Waals surface area contributed by atoms with Crippen molar-refractivity contribution in [2.24, 2.45) is 0 Å². The maximum absolute atomic E-state index is 13.1. The third-order valence-corrected chi connectivity index (χ3v) is 4.99. The average molecular weight is 362 g/mol. The standard InChI is InChI=1S/C18H14Cl2FN3/c19-14-2-1-3-16(17(14)20)24-18-13(8-9-22-18)15(23-24)10-11-4-6-12(21)7-5-11/h1-7,22H,8-10H2. The fourth-order valence-corrected chi connectivity index (χ4v) is 3.39. The molecular formula is C18H14Cl2FN3. The molecule has 0 atom stereocenters. The van der Waals surface area contributed by atoms with Gasteiger partial charge in [-0.3, -0.25) is 0 Å². The summed E-state index contributed by atoms with van der Waals surface area (Å²) in [7, 11) is 0. The van der Waals surface area contributed by atoms with E-state index < -0.39 is 0 Å². The lowest BCUT2D eigenvalue weighted by Gasteiger charge is -2.09. The van der Waals surface area contributed by atoms with Gasteiger partial charge in [-0.1, -0.05) is 41.4 Å². The second kappa shape index (κ2) is 6.11. The molecule has 0 radical (unpaired) electrons. The molecule has 1 aliphatic heterocycles. The van der Waals surface area contributed by atoms with Crippen LogP contribution in [0.15, 0.2) is 42.5 Å². The molecule has 122 valence electrons. The molecule has 0 amide bonds. The van der Waals surface area contributed by atoms with Gasteiger partial charge in [0.25, 0.3) is 0 Å². The summed E-state index contributed by atoms with van der Waals surface area (Å²) in [5.74, 6) is 0.721. The first-order valence-corrected chi connectivity index (χ1v) is 8.42. The maximum Gasteiger partial charge on any atom is 0.133 e. The fourth-order valence-electron chi connectivity index (χ4n) is 3.01. The van der Waals surface area contributed by atoms with E-state index in [4.69, 9.17) is 28.3 Å². The first kappa shape index (κ1) is 15.5. The molecule has 0 unspecified atom stereocenters. The van der Waals surface area contributed by atoms with Gasteiger partial charge < -0.3 is 5.32 Å². The van der Waals surface area contributed by atoms with E-state index in [1.165, 1.54) is 17.7 Å². The molecule has 1 aliphatic rings. The van der Waals surface area contributed by atoms with E-state index in [0.717, 1.165) is 35.7 Å². The van der Waals surface area contributed by atoms with Crippen LogP contribution in [0, 0.1) is 5.82 Å². The van der Waals surface area contributed by atoms with Crippen molar-refractivity contribution in [1.29, 1.82) is 0 Å². The van der Waals surface area contributed by atoms with Crippen molar-refractivity contribution < 1.29 is 4.39 Å². The molecule has 0 spiro atoms. The number of hydrogen-bond donors (Lipinski definition) is 1. The van der Waals surface area contributed by atoms with Crippen LogP contribution in [0.5, 0.6) is 0 Å². The van der Waals surface area contributed by atoms with Crippen LogP contribution in [0.3, 0.4) is 0 Å². The Hall–Kier alpha value is -2.04. The predicted octanol–water partition coefficient (Wildman–Crippen LogP) is 4.88. The van der Waals surface area contributed by atoms with Crippen molar-refractivity contribution >= 4 is 29.0 Å². The highest BCUT2D eigenvalue weighted by Gasteiger charge is 2.24. The number of halogens is 3. The SMILES string of the molecule is Fc1ccc(Cc2nn(-c3cccc(Cl)c3Cl)c3c2CCN3)cc1. The second-order valence-electron chi connectivity index (χ2n) is 5.74. The minimum absolute atomic E-state index is 0.234. The molecule has 1 aromatic heterocycles. The molecule has 0 bridgehead atoms. The summed E-state index contributed by atoms with van der Waals surface area (Å²) in [6, 6.07) is 12.0. The highest BCUT2D eigenvalue weighted by Crippen LogP contribution is 2.34. The molecule has 0 saturated carbocycles. The average Bonchev–Trinajstić information content (AvgIpc) is 3.16. The lowest BCUT2D eigenvalue weighted by Crippen LogP contribution is -2.05. The number of nitrogens with one attached hydrogen (secondary N) is 1. The minimum Gasteiger partial charge on any atom is -0.369 e. The van der Waals surface area contributed by atoms with Crippen molar-refractivity contribution in [2.75, 3.05) is 11.9 Å². The van der Waals surface area contributed by atoms with Crippen molar-refractivity contribution in [2.45, 2.75) is 12.8 Å². The van der Waals surface area contributed by atoms with Crippen LogP contribution in [0.2, 0.25) is 10.0 Å². The molecule has 0 fully saturated rings. The van der Waals surface area contributed by atoms with Crippen molar-refractivity contribution in [1.82, 2.24) is 9.78 Å². The molecule has 0 aliphatic carbocycles. The van der Waals surface area contributed by atoms with E-state index in [-0.39, 0.29) is 5.82 Å².